The number of nitrogens with one attached hydrogen (secondary N) is 2. The zero-order valence-corrected chi connectivity index (χ0v) is 19.9. The van der Waals surface area contributed by atoms with Crippen molar-refractivity contribution in [2.24, 2.45) is 4.99 Å². The summed E-state index contributed by atoms with van der Waals surface area (Å²) < 4.78 is 31.6. The first kappa shape index (κ1) is 26.3. The molecule has 0 atom stereocenters. The summed E-state index contributed by atoms with van der Waals surface area (Å²) in [7, 11) is -3.30. The maximum atomic E-state index is 12.4. The monoisotopic (exact) mass is 519 g/mol. The second-order valence-corrected chi connectivity index (χ2v) is 8.43. The van der Waals surface area contributed by atoms with Gasteiger partial charge in [-0.2, -0.15) is 4.31 Å². The largest absolute Gasteiger partial charge is 0.378 e. The number of aliphatic imine (C=N–C) groups is 1. The normalized spacial score (nSPS) is 16.2. The highest BCUT2D eigenvalue weighted by Crippen LogP contribution is 2.09. The maximum Gasteiger partial charge on any atom is 0.216 e. The molecule has 0 aromatic carbocycles. The molecule has 1 heterocycles. The van der Waals surface area contributed by atoms with E-state index in [9.17, 15) is 13.2 Å². The molecule has 1 fully saturated rings. The number of halogens is 1. The number of hydrogen-bond acceptors (Lipinski definition) is 5. The molecule has 0 saturated carbocycles. The summed E-state index contributed by atoms with van der Waals surface area (Å²) in [5, 5.41) is 5.92. The van der Waals surface area contributed by atoms with Crippen molar-refractivity contribution in [3.8, 4) is 0 Å². The number of guanidine groups is 1. The van der Waals surface area contributed by atoms with Crippen LogP contribution in [0.3, 0.4) is 0 Å². The number of ether oxygens (including phenoxy) is 1. The molecule has 160 valence electrons. The number of piperazine rings is 1. The quantitative estimate of drug-likeness (QED) is 0.194. The fraction of sp³-hybridized carbons (Fsp3) is 0.875. The lowest BCUT2D eigenvalue weighted by molar-refractivity contribution is -0.118. The summed E-state index contributed by atoms with van der Waals surface area (Å²) in [6.07, 6.45) is 0.0263. The summed E-state index contributed by atoms with van der Waals surface area (Å²) in [5.74, 6) is 0.680. The maximum absolute atomic E-state index is 12.4. The van der Waals surface area contributed by atoms with Crippen LogP contribution in [0.25, 0.3) is 0 Å². The molecule has 9 nitrogen and oxygen atoms in total. The summed E-state index contributed by atoms with van der Waals surface area (Å²) in [6.45, 7) is 11.2. The zero-order chi connectivity index (χ0) is 19.6. The van der Waals surface area contributed by atoms with E-state index in [0.717, 1.165) is 12.5 Å². The predicted octanol–water partition coefficient (Wildman–Crippen LogP) is 0.0784. The van der Waals surface area contributed by atoms with Gasteiger partial charge in [0.2, 0.25) is 15.9 Å². The lowest BCUT2D eigenvalue weighted by atomic mass is 10.4. The van der Waals surface area contributed by atoms with Crippen LogP contribution in [0.5, 0.6) is 0 Å². The second kappa shape index (κ2) is 13.5. The van der Waals surface area contributed by atoms with Crippen molar-refractivity contribution in [3.63, 3.8) is 0 Å². The molecule has 1 amide bonds. The van der Waals surface area contributed by atoms with E-state index in [-0.39, 0.29) is 48.3 Å². The van der Waals surface area contributed by atoms with Crippen LogP contribution in [-0.2, 0) is 19.6 Å². The van der Waals surface area contributed by atoms with Gasteiger partial charge in [-0.3, -0.25) is 9.79 Å². The van der Waals surface area contributed by atoms with Crippen LogP contribution in [0.2, 0.25) is 0 Å². The first-order valence-corrected chi connectivity index (χ1v) is 10.7. The van der Waals surface area contributed by atoms with Crippen molar-refractivity contribution >= 4 is 45.9 Å². The molecule has 1 saturated heterocycles. The molecule has 0 aromatic heterocycles. The van der Waals surface area contributed by atoms with Gasteiger partial charge in [-0.15, -0.1) is 24.0 Å². The van der Waals surface area contributed by atoms with Crippen LogP contribution < -0.4 is 10.6 Å². The number of rotatable bonds is 9. The Bertz CT molecular complexity index is 563. The van der Waals surface area contributed by atoms with Gasteiger partial charge in [0.25, 0.3) is 0 Å². The molecule has 0 bridgehead atoms. The molecule has 0 unspecified atom stereocenters. The van der Waals surface area contributed by atoms with Gasteiger partial charge in [0.05, 0.1) is 25.0 Å². The third-order valence-electron chi connectivity index (χ3n) is 3.81. The van der Waals surface area contributed by atoms with Crippen molar-refractivity contribution in [2.75, 3.05) is 58.2 Å². The third kappa shape index (κ3) is 10.5. The highest BCUT2D eigenvalue weighted by Gasteiger charge is 2.27. The average molecular weight is 519 g/mol. The highest BCUT2D eigenvalue weighted by molar-refractivity contribution is 14.0. The van der Waals surface area contributed by atoms with Gasteiger partial charge < -0.3 is 20.3 Å². The molecular weight excluding hydrogens is 485 g/mol. The van der Waals surface area contributed by atoms with Crippen molar-refractivity contribution < 1.29 is 17.9 Å². The lowest BCUT2D eigenvalue weighted by Gasteiger charge is -2.35. The van der Waals surface area contributed by atoms with E-state index >= 15 is 0 Å². The van der Waals surface area contributed by atoms with Crippen molar-refractivity contribution in [3.05, 3.63) is 0 Å². The van der Waals surface area contributed by atoms with Crippen molar-refractivity contribution in [1.82, 2.24) is 19.8 Å². The second-order valence-electron chi connectivity index (χ2n) is 6.34. The molecule has 1 aliphatic rings. The Morgan fingerprint density at radius 1 is 1.19 bits per heavy atom. The van der Waals surface area contributed by atoms with Gasteiger partial charge in [0.1, 0.15) is 0 Å². The topological polar surface area (TPSA) is 103 Å². The number of sulfonamides is 1. The standard InChI is InChI=1S/C16H33N5O4S.HI/c1-5-17-16(19-7-6-18-15(4)22)20-8-10-21(11-9-20)26(23,24)13-12-25-14(2)3;/h14H,5-13H2,1-4H3,(H,17,19)(H,18,22);1H. The molecule has 27 heavy (non-hydrogen) atoms. The van der Waals surface area contributed by atoms with Crippen molar-refractivity contribution in [1.29, 1.82) is 0 Å². The van der Waals surface area contributed by atoms with Crippen LogP contribution in [0.15, 0.2) is 4.99 Å². The van der Waals surface area contributed by atoms with E-state index in [1.807, 2.05) is 25.7 Å². The predicted molar refractivity (Wildman–Crippen MR) is 118 cm³/mol. The first-order chi connectivity index (χ1) is 12.3. The average Bonchev–Trinajstić information content (AvgIpc) is 2.57. The van der Waals surface area contributed by atoms with Gasteiger partial charge in [-0.05, 0) is 20.8 Å². The number of nitrogens with zero attached hydrogens (tertiary/aromatic N) is 3. The SMILES string of the molecule is CCNC(=NCCNC(C)=O)N1CCN(S(=O)(=O)CCOC(C)C)CC1.I. The van der Waals surface area contributed by atoms with E-state index in [1.165, 1.54) is 11.2 Å². The Kier molecular flexibility index (Phi) is 13.2. The number of hydrogen-bond donors (Lipinski definition) is 2. The Hall–Kier alpha value is -0.660. The van der Waals surface area contributed by atoms with Crippen LogP contribution >= 0.6 is 24.0 Å². The molecule has 0 aliphatic carbocycles. The third-order valence-corrected chi connectivity index (χ3v) is 5.64. The van der Waals surface area contributed by atoms with Gasteiger partial charge >= 0.3 is 0 Å². The van der Waals surface area contributed by atoms with E-state index in [1.54, 1.807) is 0 Å². The number of amides is 1. The number of carbonyl (C=O) groups is 1. The number of carbonyl (C=O) groups excluding carboxylic acids is 1. The zero-order valence-electron chi connectivity index (χ0n) is 16.7. The van der Waals surface area contributed by atoms with E-state index in [4.69, 9.17) is 4.74 Å². The lowest BCUT2D eigenvalue weighted by Crippen LogP contribution is -2.54. The van der Waals surface area contributed by atoms with E-state index in [0.29, 0.717) is 39.3 Å². The summed E-state index contributed by atoms with van der Waals surface area (Å²) in [6, 6.07) is 0. The van der Waals surface area contributed by atoms with Gasteiger partial charge in [-0.1, -0.05) is 0 Å². The Morgan fingerprint density at radius 2 is 1.81 bits per heavy atom. The molecule has 2 N–H and O–H groups in total. The Labute approximate surface area is 180 Å². The smallest absolute Gasteiger partial charge is 0.216 e. The van der Waals surface area contributed by atoms with Crippen LogP contribution in [0, 0.1) is 0 Å². The summed E-state index contributed by atoms with van der Waals surface area (Å²) >= 11 is 0. The van der Waals surface area contributed by atoms with E-state index in [2.05, 4.69) is 15.6 Å². The molecule has 11 heteroatoms. The molecule has 0 radical (unpaired) electrons. The summed E-state index contributed by atoms with van der Waals surface area (Å²) in [4.78, 5) is 17.4. The molecule has 0 spiro atoms. The molecule has 0 aromatic rings. The fourth-order valence-electron chi connectivity index (χ4n) is 2.52. The van der Waals surface area contributed by atoms with E-state index < -0.39 is 10.0 Å². The molecule has 1 aliphatic heterocycles. The Balaban J connectivity index is 0.00000676. The Morgan fingerprint density at radius 3 is 2.33 bits per heavy atom. The van der Waals surface area contributed by atoms with Crippen LogP contribution in [0.1, 0.15) is 27.7 Å². The summed E-state index contributed by atoms with van der Waals surface area (Å²) in [5.41, 5.74) is 0. The minimum absolute atomic E-state index is 0. The fourth-order valence-corrected chi connectivity index (χ4v) is 3.80. The van der Waals surface area contributed by atoms with Crippen molar-refractivity contribution in [2.45, 2.75) is 33.8 Å². The minimum Gasteiger partial charge on any atom is -0.378 e. The highest BCUT2D eigenvalue weighted by atomic mass is 127. The molecule has 1 rings (SSSR count). The van der Waals surface area contributed by atoms with Gasteiger partial charge in [-0.25, -0.2) is 8.42 Å². The van der Waals surface area contributed by atoms with Crippen LogP contribution in [-0.4, -0.2) is 93.8 Å². The first-order valence-electron chi connectivity index (χ1n) is 9.13. The minimum atomic E-state index is -3.30. The van der Waals surface area contributed by atoms with Crippen LogP contribution in [0.4, 0.5) is 0 Å². The van der Waals surface area contributed by atoms with Gasteiger partial charge in [0, 0.05) is 46.2 Å². The van der Waals surface area contributed by atoms with Gasteiger partial charge in [0.15, 0.2) is 5.96 Å². The molecular formula is C16H34IN5O4S.